The average molecular weight is 273 g/mol. The number of carbonyl (C=O) groups excluding carboxylic acids is 1. The number of likely N-dealkylation sites (tertiary alicyclic amines) is 1. The predicted molar refractivity (Wildman–Crippen MR) is 81.2 cm³/mol. The van der Waals surface area contributed by atoms with E-state index in [-0.39, 0.29) is 6.03 Å². The normalized spacial score (nSPS) is 20.0. The minimum absolute atomic E-state index is 0.157. The van der Waals surface area contributed by atoms with Crippen molar-refractivity contribution in [3.63, 3.8) is 0 Å². The number of hydrogen-bond donors (Lipinski definition) is 0. The minimum Gasteiger partial charge on any atom is -0.324 e. The number of rotatable bonds is 1. The smallest absolute Gasteiger partial charge is 0.324 e. The molecule has 2 heterocycles. The van der Waals surface area contributed by atoms with Crippen LogP contribution in [0.5, 0.6) is 0 Å². The molecule has 4 nitrogen and oxygen atoms in total. The fourth-order valence-corrected chi connectivity index (χ4v) is 3.27. The summed E-state index contributed by atoms with van der Waals surface area (Å²) in [6, 6.07) is 8.78. The standard InChI is InChI=1S/C16H23N3O/c1-17-10-8-14(9-11-17)18(2)16(20)19-12-7-13-5-3-4-6-15(13)19/h3-6,14H,7-12H2,1-2H3. The molecule has 0 N–H and O–H groups in total. The van der Waals surface area contributed by atoms with Crippen LogP contribution in [0.15, 0.2) is 24.3 Å². The van der Waals surface area contributed by atoms with Crippen LogP contribution >= 0.6 is 0 Å². The Morgan fingerprint density at radius 3 is 2.65 bits per heavy atom. The molecule has 1 aromatic carbocycles. The first kappa shape index (κ1) is 13.4. The minimum atomic E-state index is 0.157. The number of hydrogen-bond acceptors (Lipinski definition) is 2. The molecule has 108 valence electrons. The number of piperidine rings is 1. The topological polar surface area (TPSA) is 26.8 Å². The molecule has 2 amide bonds. The number of benzene rings is 1. The SMILES string of the molecule is CN1CCC(N(C)C(=O)N2CCc3ccccc32)CC1. The molecular weight excluding hydrogens is 250 g/mol. The Balaban J connectivity index is 1.70. The van der Waals surface area contributed by atoms with Gasteiger partial charge in [-0.1, -0.05) is 18.2 Å². The fourth-order valence-electron chi connectivity index (χ4n) is 3.27. The van der Waals surface area contributed by atoms with Crippen LogP contribution in [0.3, 0.4) is 0 Å². The summed E-state index contributed by atoms with van der Waals surface area (Å²) in [6.07, 6.45) is 3.13. The van der Waals surface area contributed by atoms with Crippen LogP contribution in [0.4, 0.5) is 10.5 Å². The van der Waals surface area contributed by atoms with Gasteiger partial charge in [-0.05, 0) is 51.0 Å². The van der Waals surface area contributed by atoms with E-state index in [0.717, 1.165) is 44.6 Å². The number of nitrogens with zero attached hydrogens (tertiary/aromatic N) is 3. The monoisotopic (exact) mass is 273 g/mol. The number of carbonyl (C=O) groups is 1. The summed E-state index contributed by atoms with van der Waals surface area (Å²) in [6.45, 7) is 2.98. The molecule has 0 atom stereocenters. The van der Waals surface area contributed by atoms with Crippen molar-refractivity contribution in [1.29, 1.82) is 0 Å². The second-order valence-electron chi connectivity index (χ2n) is 5.96. The maximum atomic E-state index is 12.7. The van der Waals surface area contributed by atoms with Gasteiger partial charge in [0.2, 0.25) is 0 Å². The van der Waals surface area contributed by atoms with E-state index in [1.807, 2.05) is 29.0 Å². The summed E-state index contributed by atoms with van der Waals surface area (Å²) in [7, 11) is 4.11. The summed E-state index contributed by atoms with van der Waals surface area (Å²) in [5.41, 5.74) is 2.38. The van der Waals surface area contributed by atoms with E-state index in [1.54, 1.807) is 0 Å². The molecule has 2 aliphatic rings. The van der Waals surface area contributed by atoms with E-state index in [4.69, 9.17) is 0 Å². The van der Waals surface area contributed by atoms with Crippen molar-refractivity contribution in [2.24, 2.45) is 0 Å². The number of urea groups is 1. The van der Waals surface area contributed by atoms with E-state index in [0.29, 0.717) is 6.04 Å². The lowest BCUT2D eigenvalue weighted by Gasteiger charge is -2.37. The zero-order chi connectivity index (χ0) is 14.1. The Labute approximate surface area is 121 Å². The molecule has 0 radical (unpaired) electrons. The van der Waals surface area contributed by atoms with Gasteiger partial charge in [0.25, 0.3) is 0 Å². The maximum absolute atomic E-state index is 12.7. The van der Waals surface area contributed by atoms with Gasteiger partial charge >= 0.3 is 6.03 Å². The number of amides is 2. The van der Waals surface area contributed by atoms with Crippen LogP contribution < -0.4 is 4.90 Å². The highest BCUT2D eigenvalue weighted by Gasteiger charge is 2.30. The largest absolute Gasteiger partial charge is 0.324 e. The van der Waals surface area contributed by atoms with Crippen LogP contribution in [-0.2, 0) is 6.42 Å². The quantitative estimate of drug-likeness (QED) is 0.784. The van der Waals surface area contributed by atoms with Crippen LogP contribution in [0.1, 0.15) is 18.4 Å². The van der Waals surface area contributed by atoms with Crippen molar-refractivity contribution in [2.45, 2.75) is 25.3 Å². The second-order valence-corrected chi connectivity index (χ2v) is 5.96. The van der Waals surface area contributed by atoms with Crippen molar-refractivity contribution in [1.82, 2.24) is 9.80 Å². The van der Waals surface area contributed by atoms with E-state index in [9.17, 15) is 4.79 Å². The number of anilines is 1. The summed E-state index contributed by atoms with van der Waals surface area (Å²) in [5, 5.41) is 0. The molecular formula is C16H23N3O. The van der Waals surface area contributed by atoms with E-state index >= 15 is 0 Å². The van der Waals surface area contributed by atoms with Gasteiger partial charge in [-0.15, -0.1) is 0 Å². The number of para-hydroxylation sites is 1. The number of fused-ring (bicyclic) bond motifs is 1. The molecule has 0 aromatic heterocycles. The van der Waals surface area contributed by atoms with Crippen LogP contribution in [0.25, 0.3) is 0 Å². The molecule has 0 bridgehead atoms. The Morgan fingerprint density at radius 2 is 1.90 bits per heavy atom. The van der Waals surface area contributed by atoms with Gasteiger partial charge in [0.1, 0.15) is 0 Å². The van der Waals surface area contributed by atoms with Crippen LogP contribution in [0.2, 0.25) is 0 Å². The molecule has 0 aliphatic carbocycles. The Bertz CT molecular complexity index is 494. The lowest BCUT2D eigenvalue weighted by atomic mass is 10.0. The highest BCUT2D eigenvalue weighted by molar-refractivity contribution is 5.94. The first-order valence-electron chi connectivity index (χ1n) is 7.47. The van der Waals surface area contributed by atoms with Crippen LogP contribution in [0, 0.1) is 0 Å². The van der Waals surface area contributed by atoms with E-state index in [1.165, 1.54) is 5.56 Å². The molecule has 0 saturated carbocycles. The summed E-state index contributed by atoms with van der Waals surface area (Å²) < 4.78 is 0. The molecule has 3 rings (SSSR count). The zero-order valence-corrected chi connectivity index (χ0v) is 12.4. The molecule has 1 fully saturated rings. The van der Waals surface area contributed by atoms with Gasteiger partial charge in [-0.25, -0.2) is 4.79 Å². The Hall–Kier alpha value is -1.55. The van der Waals surface area contributed by atoms with Gasteiger partial charge in [0.05, 0.1) is 0 Å². The summed E-state index contributed by atoms with van der Waals surface area (Å²) >= 11 is 0. The highest BCUT2D eigenvalue weighted by atomic mass is 16.2. The molecule has 1 aromatic rings. The molecule has 0 unspecified atom stereocenters. The summed E-state index contributed by atoms with van der Waals surface area (Å²) in [5.74, 6) is 0. The Kier molecular flexibility index (Phi) is 3.66. The molecule has 2 aliphatic heterocycles. The van der Waals surface area contributed by atoms with Gasteiger partial charge < -0.3 is 9.80 Å². The third-order valence-corrected chi connectivity index (χ3v) is 4.66. The van der Waals surface area contributed by atoms with E-state index in [2.05, 4.69) is 24.1 Å². The van der Waals surface area contributed by atoms with E-state index < -0.39 is 0 Å². The van der Waals surface area contributed by atoms with Crippen LogP contribution in [-0.4, -0.2) is 55.6 Å². The first-order chi connectivity index (χ1) is 9.66. The van der Waals surface area contributed by atoms with Gasteiger partial charge in [-0.3, -0.25) is 4.90 Å². The third-order valence-electron chi connectivity index (χ3n) is 4.66. The van der Waals surface area contributed by atoms with Crippen molar-refractivity contribution in [3.05, 3.63) is 29.8 Å². The lowest BCUT2D eigenvalue weighted by Crippen LogP contribution is -2.49. The molecule has 0 spiro atoms. The predicted octanol–water partition coefficient (Wildman–Crippen LogP) is 2.20. The van der Waals surface area contributed by atoms with Crippen molar-refractivity contribution in [3.8, 4) is 0 Å². The Morgan fingerprint density at radius 1 is 1.20 bits per heavy atom. The van der Waals surface area contributed by atoms with Gasteiger partial charge in [0, 0.05) is 25.3 Å². The zero-order valence-electron chi connectivity index (χ0n) is 12.4. The molecule has 1 saturated heterocycles. The lowest BCUT2D eigenvalue weighted by molar-refractivity contribution is 0.152. The summed E-state index contributed by atoms with van der Waals surface area (Å²) in [4.78, 5) is 19.0. The molecule has 4 heteroatoms. The van der Waals surface area contributed by atoms with Gasteiger partial charge in [0.15, 0.2) is 0 Å². The van der Waals surface area contributed by atoms with Crippen molar-refractivity contribution >= 4 is 11.7 Å². The molecule has 20 heavy (non-hydrogen) atoms. The van der Waals surface area contributed by atoms with Crippen molar-refractivity contribution in [2.75, 3.05) is 38.6 Å². The first-order valence-corrected chi connectivity index (χ1v) is 7.47. The van der Waals surface area contributed by atoms with Gasteiger partial charge in [-0.2, -0.15) is 0 Å². The average Bonchev–Trinajstić information content (AvgIpc) is 2.90. The maximum Gasteiger partial charge on any atom is 0.324 e. The highest BCUT2D eigenvalue weighted by Crippen LogP contribution is 2.29. The fraction of sp³-hybridized carbons (Fsp3) is 0.562. The van der Waals surface area contributed by atoms with Crippen molar-refractivity contribution < 1.29 is 4.79 Å². The third kappa shape index (κ3) is 2.40. The second kappa shape index (κ2) is 5.44.